The van der Waals surface area contributed by atoms with Crippen LogP contribution in [-0.2, 0) is 13.0 Å². The minimum absolute atomic E-state index is 0.0961. The van der Waals surface area contributed by atoms with Gasteiger partial charge in [0.15, 0.2) is 0 Å². The van der Waals surface area contributed by atoms with Gasteiger partial charge in [-0.05, 0) is 35.6 Å². The highest BCUT2D eigenvalue weighted by Crippen LogP contribution is 2.32. The van der Waals surface area contributed by atoms with Crippen molar-refractivity contribution in [3.8, 4) is 5.75 Å². The molecular formula is C15H17N3OS. The third-order valence-electron chi connectivity index (χ3n) is 3.64. The average molecular weight is 287 g/mol. The Labute approximate surface area is 122 Å². The molecule has 1 aliphatic heterocycles. The van der Waals surface area contributed by atoms with Gasteiger partial charge in [-0.3, -0.25) is 5.41 Å². The minimum Gasteiger partial charge on any atom is -0.497 e. The van der Waals surface area contributed by atoms with Crippen molar-refractivity contribution in [1.29, 1.82) is 5.41 Å². The van der Waals surface area contributed by atoms with Crippen molar-refractivity contribution < 1.29 is 4.74 Å². The normalized spacial score (nSPS) is 13.9. The molecule has 0 saturated carbocycles. The monoisotopic (exact) mass is 287 g/mol. The zero-order chi connectivity index (χ0) is 14.1. The van der Waals surface area contributed by atoms with E-state index in [0.717, 1.165) is 36.5 Å². The van der Waals surface area contributed by atoms with Crippen LogP contribution in [-0.4, -0.2) is 19.5 Å². The number of ether oxygens (including phenoxy) is 1. The lowest BCUT2D eigenvalue weighted by molar-refractivity contribution is 0.414. The van der Waals surface area contributed by atoms with E-state index in [0.29, 0.717) is 0 Å². The molecule has 1 aliphatic rings. The predicted octanol–water partition coefficient (Wildman–Crippen LogP) is 2.60. The molecule has 0 fully saturated rings. The van der Waals surface area contributed by atoms with Crippen LogP contribution in [0, 0.1) is 5.41 Å². The highest BCUT2D eigenvalue weighted by molar-refractivity contribution is 7.10. The summed E-state index contributed by atoms with van der Waals surface area (Å²) in [6.45, 7) is 1.81. The Morgan fingerprint density at radius 3 is 3.00 bits per heavy atom. The van der Waals surface area contributed by atoms with Gasteiger partial charge in [-0.15, -0.1) is 11.3 Å². The van der Waals surface area contributed by atoms with Crippen LogP contribution in [0.5, 0.6) is 5.75 Å². The SMILES string of the molecule is COc1ccc(C(=N)N)c(N2CCc3sccc3C2)c1. The van der Waals surface area contributed by atoms with Crippen molar-refractivity contribution in [2.24, 2.45) is 5.73 Å². The third-order valence-corrected chi connectivity index (χ3v) is 4.67. The Balaban J connectivity index is 1.99. The van der Waals surface area contributed by atoms with Crippen molar-refractivity contribution in [2.45, 2.75) is 13.0 Å². The molecule has 104 valence electrons. The fraction of sp³-hybridized carbons (Fsp3) is 0.267. The number of nitrogen functional groups attached to an aromatic ring is 1. The summed E-state index contributed by atoms with van der Waals surface area (Å²) in [7, 11) is 1.65. The molecule has 0 bridgehead atoms. The van der Waals surface area contributed by atoms with Gasteiger partial charge in [0.25, 0.3) is 0 Å². The number of fused-ring (bicyclic) bond motifs is 1. The van der Waals surface area contributed by atoms with E-state index in [2.05, 4.69) is 16.3 Å². The van der Waals surface area contributed by atoms with Crippen LogP contribution in [0.3, 0.4) is 0 Å². The molecule has 2 aromatic rings. The molecule has 0 spiro atoms. The van der Waals surface area contributed by atoms with E-state index in [1.807, 2.05) is 29.5 Å². The molecule has 0 unspecified atom stereocenters. The summed E-state index contributed by atoms with van der Waals surface area (Å²) in [5.41, 5.74) is 8.83. The van der Waals surface area contributed by atoms with Crippen molar-refractivity contribution in [2.75, 3.05) is 18.6 Å². The molecule has 0 amide bonds. The molecule has 0 atom stereocenters. The first kappa shape index (κ1) is 13.0. The number of hydrogen-bond donors (Lipinski definition) is 2. The van der Waals surface area contributed by atoms with Gasteiger partial charge >= 0.3 is 0 Å². The molecule has 3 N–H and O–H groups in total. The maximum Gasteiger partial charge on any atom is 0.124 e. The van der Waals surface area contributed by atoms with Crippen LogP contribution in [0.2, 0.25) is 0 Å². The number of amidine groups is 1. The molecule has 1 aromatic carbocycles. The molecular weight excluding hydrogens is 270 g/mol. The van der Waals surface area contributed by atoms with Crippen molar-refractivity contribution in [1.82, 2.24) is 0 Å². The van der Waals surface area contributed by atoms with Gasteiger partial charge in [0.1, 0.15) is 11.6 Å². The predicted molar refractivity (Wildman–Crippen MR) is 83.1 cm³/mol. The summed E-state index contributed by atoms with van der Waals surface area (Å²) < 4.78 is 5.30. The Morgan fingerprint density at radius 1 is 1.40 bits per heavy atom. The van der Waals surface area contributed by atoms with Gasteiger partial charge in [0, 0.05) is 29.6 Å². The second-order valence-electron chi connectivity index (χ2n) is 4.84. The molecule has 4 nitrogen and oxygen atoms in total. The Morgan fingerprint density at radius 2 is 2.25 bits per heavy atom. The van der Waals surface area contributed by atoms with E-state index in [1.54, 1.807) is 7.11 Å². The van der Waals surface area contributed by atoms with Gasteiger partial charge in [-0.2, -0.15) is 0 Å². The van der Waals surface area contributed by atoms with Gasteiger partial charge in [-0.25, -0.2) is 0 Å². The molecule has 20 heavy (non-hydrogen) atoms. The van der Waals surface area contributed by atoms with Crippen LogP contribution >= 0.6 is 11.3 Å². The van der Waals surface area contributed by atoms with Gasteiger partial charge < -0.3 is 15.4 Å². The number of hydrogen-bond acceptors (Lipinski definition) is 4. The Bertz CT molecular complexity index is 650. The number of thiophene rings is 1. The summed E-state index contributed by atoms with van der Waals surface area (Å²) in [6, 6.07) is 7.85. The Hall–Kier alpha value is -2.01. The number of nitrogens with two attached hydrogens (primary N) is 1. The second kappa shape index (κ2) is 5.17. The zero-order valence-corrected chi connectivity index (χ0v) is 12.2. The van der Waals surface area contributed by atoms with Crippen LogP contribution in [0.15, 0.2) is 29.6 Å². The van der Waals surface area contributed by atoms with E-state index in [4.69, 9.17) is 15.9 Å². The van der Waals surface area contributed by atoms with Crippen LogP contribution < -0.4 is 15.4 Å². The number of anilines is 1. The largest absolute Gasteiger partial charge is 0.497 e. The fourth-order valence-electron chi connectivity index (χ4n) is 2.58. The van der Waals surface area contributed by atoms with Crippen LogP contribution in [0.4, 0.5) is 5.69 Å². The summed E-state index contributed by atoms with van der Waals surface area (Å²) >= 11 is 1.82. The van der Waals surface area contributed by atoms with E-state index < -0.39 is 0 Å². The lowest BCUT2D eigenvalue weighted by Crippen LogP contribution is -2.31. The number of methoxy groups -OCH3 is 1. The van der Waals surface area contributed by atoms with Crippen molar-refractivity contribution in [3.05, 3.63) is 45.6 Å². The number of rotatable bonds is 3. The highest BCUT2D eigenvalue weighted by Gasteiger charge is 2.20. The highest BCUT2D eigenvalue weighted by atomic mass is 32.1. The van der Waals surface area contributed by atoms with E-state index in [-0.39, 0.29) is 5.84 Å². The standard InChI is InChI=1S/C15H17N3OS/c1-19-11-2-3-12(15(16)17)13(8-11)18-6-4-14-10(9-18)5-7-20-14/h2-3,5,7-8H,4,6,9H2,1H3,(H3,16,17). The zero-order valence-electron chi connectivity index (χ0n) is 11.3. The van der Waals surface area contributed by atoms with E-state index in [9.17, 15) is 0 Å². The number of nitrogens with zero attached hydrogens (tertiary/aromatic N) is 1. The van der Waals surface area contributed by atoms with Gasteiger partial charge in [-0.1, -0.05) is 0 Å². The van der Waals surface area contributed by atoms with Crippen LogP contribution in [0.25, 0.3) is 0 Å². The summed E-state index contributed by atoms with van der Waals surface area (Å²) in [5, 5.41) is 9.89. The lowest BCUT2D eigenvalue weighted by Gasteiger charge is -2.30. The fourth-order valence-corrected chi connectivity index (χ4v) is 3.47. The maximum absolute atomic E-state index is 7.75. The minimum atomic E-state index is 0.0961. The van der Waals surface area contributed by atoms with Gasteiger partial charge in [0.05, 0.1) is 12.8 Å². The molecule has 2 heterocycles. The molecule has 3 rings (SSSR count). The van der Waals surface area contributed by atoms with Gasteiger partial charge in [0.2, 0.25) is 0 Å². The third kappa shape index (κ3) is 2.25. The summed E-state index contributed by atoms with van der Waals surface area (Å²) in [6.07, 6.45) is 1.04. The Kier molecular flexibility index (Phi) is 3.36. The first-order valence-electron chi connectivity index (χ1n) is 6.51. The van der Waals surface area contributed by atoms with Crippen molar-refractivity contribution in [3.63, 3.8) is 0 Å². The topological polar surface area (TPSA) is 62.3 Å². The van der Waals surface area contributed by atoms with E-state index in [1.165, 1.54) is 10.4 Å². The molecule has 0 saturated heterocycles. The smallest absolute Gasteiger partial charge is 0.124 e. The van der Waals surface area contributed by atoms with E-state index >= 15 is 0 Å². The maximum atomic E-state index is 7.75. The number of nitrogens with one attached hydrogen (secondary N) is 1. The lowest BCUT2D eigenvalue weighted by atomic mass is 10.1. The molecule has 0 aliphatic carbocycles. The summed E-state index contributed by atoms with van der Waals surface area (Å²) in [5.74, 6) is 0.889. The molecule has 1 aromatic heterocycles. The van der Waals surface area contributed by atoms with Crippen molar-refractivity contribution >= 4 is 22.9 Å². The van der Waals surface area contributed by atoms with Crippen LogP contribution in [0.1, 0.15) is 16.0 Å². The summed E-state index contributed by atoms with van der Waals surface area (Å²) in [4.78, 5) is 3.74. The first-order valence-corrected chi connectivity index (χ1v) is 7.39. The quantitative estimate of drug-likeness (QED) is 0.674. The number of benzene rings is 1. The molecule has 5 heteroatoms. The average Bonchev–Trinajstić information content (AvgIpc) is 2.93. The molecule has 0 radical (unpaired) electrons. The first-order chi connectivity index (χ1) is 9.69. The second-order valence-corrected chi connectivity index (χ2v) is 5.84.